The van der Waals surface area contributed by atoms with Gasteiger partial charge >= 0.3 is 0 Å². The molecule has 1 saturated heterocycles. The molecular formula is C20H25Cl2N5OS. The van der Waals surface area contributed by atoms with Crippen molar-refractivity contribution in [2.45, 2.75) is 31.7 Å². The molecule has 9 heteroatoms. The number of aromatic nitrogens is 3. The number of imidazole rings is 1. The van der Waals surface area contributed by atoms with E-state index in [2.05, 4.69) is 33.1 Å². The van der Waals surface area contributed by atoms with E-state index in [1.165, 1.54) is 4.70 Å². The van der Waals surface area contributed by atoms with Crippen molar-refractivity contribution in [2.75, 3.05) is 26.2 Å². The van der Waals surface area contributed by atoms with Gasteiger partial charge in [0.2, 0.25) is 0 Å². The first kappa shape index (κ1) is 22.0. The Bertz CT molecular complexity index is 932. The molecule has 156 valence electrons. The van der Waals surface area contributed by atoms with Crippen LogP contribution in [0.4, 0.5) is 0 Å². The van der Waals surface area contributed by atoms with Crippen LogP contribution in [0.25, 0.3) is 10.2 Å². The molecule has 5 rings (SSSR count). The van der Waals surface area contributed by atoms with Gasteiger partial charge in [0, 0.05) is 51.3 Å². The van der Waals surface area contributed by atoms with Crippen LogP contribution < -0.4 is 5.32 Å². The lowest BCUT2D eigenvalue weighted by atomic mass is 9.98. The van der Waals surface area contributed by atoms with E-state index in [1.807, 2.05) is 17.2 Å². The molecule has 29 heavy (non-hydrogen) atoms. The molecule has 0 radical (unpaired) electrons. The predicted molar refractivity (Wildman–Crippen MR) is 121 cm³/mol. The Morgan fingerprint density at radius 3 is 2.86 bits per heavy atom. The average molecular weight is 454 g/mol. The van der Waals surface area contributed by atoms with Crippen LogP contribution in [0.3, 0.4) is 0 Å². The van der Waals surface area contributed by atoms with Gasteiger partial charge in [-0.05, 0) is 25.0 Å². The zero-order valence-corrected chi connectivity index (χ0v) is 18.5. The van der Waals surface area contributed by atoms with Crippen LogP contribution in [-0.2, 0) is 13.0 Å². The molecule has 2 aliphatic rings. The molecule has 0 aliphatic carbocycles. The number of likely N-dealkylation sites (tertiary alicyclic amines) is 1. The van der Waals surface area contributed by atoms with E-state index in [4.69, 9.17) is 4.98 Å². The first-order chi connectivity index (χ1) is 13.3. The normalized spacial score (nSPS) is 19.0. The Hall–Kier alpha value is -1.67. The molecule has 6 nitrogen and oxygen atoms in total. The fourth-order valence-corrected chi connectivity index (χ4v) is 5.16. The van der Waals surface area contributed by atoms with Crippen molar-refractivity contribution in [2.24, 2.45) is 0 Å². The maximum atomic E-state index is 13.1. The number of fused-ring (bicyclic) bond motifs is 2. The van der Waals surface area contributed by atoms with Crippen molar-refractivity contribution in [1.82, 2.24) is 24.8 Å². The predicted octanol–water partition coefficient (Wildman–Crippen LogP) is 3.50. The number of para-hydroxylation sites is 1. The van der Waals surface area contributed by atoms with Crippen molar-refractivity contribution in [3.05, 3.63) is 47.0 Å². The van der Waals surface area contributed by atoms with Gasteiger partial charge in [-0.1, -0.05) is 12.1 Å². The van der Waals surface area contributed by atoms with E-state index in [0.29, 0.717) is 11.6 Å². The molecule has 1 unspecified atom stereocenters. The van der Waals surface area contributed by atoms with Gasteiger partial charge in [-0.15, -0.1) is 36.2 Å². The molecule has 2 aliphatic heterocycles. The first-order valence-electron chi connectivity index (χ1n) is 9.69. The summed E-state index contributed by atoms with van der Waals surface area (Å²) in [5.41, 5.74) is 1.66. The van der Waals surface area contributed by atoms with Crippen LogP contribution in [0.15, 0.2) is 30.5 Å². The summed E-state index contributed by atoms with van der Waals surface area (Å²) in [5, 5.41) is 4.52. The van der Waals surface area contributed by atoms with Crippen LogP contribution in [0.1, 0.15) is 40.1 Å². The van der Waals surface area contributed by atoms with Gasteiger partial charge in [0.15, 0.2) is 0 Å². The number of halogens is 2. The number of amides is 1. The van der Waals surface area contributed by atoms with Gasteiger partial charge in [-0.2, -0.15) is 0 Å². The highest BCUT2D eigenvalue weighted by atomic mass is 35.5. The van der Waals surface area contributed by atoms with E-state index in [1.54, 1.807) is 11.3 Å². The SMILES string of the molecule is Cl.Cl.O=C(c1cn2c(n1)CCNCC2)N1CCCC(c2nc3ccccc3s2)C1. The van der Waals surface area contributed by atoms with E-state index in [9.17, 15) is 4.79 Å². The van der Waals surface area contributed by atoms with Crippen molar-refractivity contribution in [3.63, 3.8) is 0 Å². The Morgan fingerprint density at radius 2 is 2.00 bits per heavy atom. The molecule has 0 bridgehead atoms. The molecule has 0 spiro atoms. The van der Waals surface area contributed by atoms with Crippen molar-refractivity contribution >= 4 is 52.3 Å². The number of carbonyl (C=O) groups is 1. The zero-order valence-electron chi connectivity index (χ0n) is 16.0. The Kier molecular flexibility index (Phi) is 7.16. The van der Waals surface area contributed by atoms with Gasteiger partial charge in [-0.25, -0.2) is 9.97 Å². The number of carbonyl (C=O) groups excluding carboxylic acids is 1. The summed E-state index contributed by atoms with van der Waals surface area (Å²) in [7, 11) is 0. The Labute approximate surface area is 186 Å². The molecule has 1 N–H and O–H groups in total. The summed E-state index contributed by atoms with van der Waals surface area (Å²) in [5.74, 6) is 1.40. The van der Waals surface area contributed by atoms with Crippen LogP contribution >= 0.6 is 36.2 Å². The summed E-state index contributed by atoms with van der Waals surface area (Å²) in [6.07, 6.45) is 4.92. The average Bonchev–Trinajstić information content (AvgIpc) is 3.26. The van der Waals surface area contributed by atoms with Crippen molar-refractivity contribution < 1.29 is 4.79 Å². The minimum absolute atomic E-state index is 0. The second-order valence-electron chi connectivity index (χ2n) is 7.35. The molecule has 1 amide bonds. The summed E-state index contributed by atoms with van der Waals surface area (Å²) >= 11 is 1.76. The molecular weight excluding hydrogens is 429 g/mol. The van der Waals surface area contributed by atoms with Gasteiger partial charge < -0.3 is 14.8 Å². The lowest BCUT2D eigenvalue weighted by Crippen LogP contribution is -2.39. The van der Waals surface area contributed by atoms with E-state index >= 15 is 0 Å². The largest absolute Gasteiger partial charge is 0.337 e. The highest BCUT2D eigenvalue weighted by Crippen LogP contribution is 2.33. The lowest BCUT2D eigenvalue weighted by Gasteiger charge is -2.31. The third-order valence-corrected chi connectivity index (χ3v) is 6.70. The monoisotopic (exact) mass is 453 g/mol. The number of piperidine rings is 1. The van der Waals surface area contributed by atoms with E-state index in [-0.39, 0.29) is 30.7 Å². The number of nitrogens with zero attached hydrogens (tertiary/aromatic N) is 4. The fraction of sp³-hybridized carbons (Fsp3) is 0.450. The second-order valence-corrected chi connectivity index (χ2v) is 8.41. The molecule has 1 atom stereocenters. The van der Waals surface area contributed by atoms with Gasteiger partial charge in [0.05, 0.1) is 15.2 Å². The summed E-state index contributed by atoms with van der Waals surface area (Å²) in [6.45, 7) is 4.28. The highest BCUT2D eigenvalue weighted by molar-refractivity contribution is 7.18. The van der Waals surface area contributed by atoms with Gasteiger partial charge in [-0.3, -0.25) is 4.79 Å². The number of benzene rings is 1. The minimum Gasteiger partial charge on any atom is -0.337 e. The topological polar surface area (TPSA) is 63.1 Å². The van der Waals surface area contributed by atoms with Crippen LogP contribution in [0, 0.1) is 0 Å². The smallest absolute Gasteiger partial charge is 0.274 e. The third-order valence-electron chi connectivity index (χ3n) is 5.50. The molecule has 2 aromatic heterocycles. The Morgan fingerprint density at radius 1 is 1.14 bits per heavy atom. The second kappa shape index (κ2) is 9.43. The highest BCUT2D eigenvalue weighted by Gasteiger charge is 2.29. The van der Waals surface area contributed by atoms with E-state index in [0.717, 1.165) is 68.3 Å². The number of hydrogen-bond acceptors (Lipinski definition) is 5. The zero-order chi connectivity index (χ0) is 18.2. The lowest BCUT2D eigenvalue weighted by molar-refractivity contribution is 0.0701. The fourth-order valence-electron chi connectivity index (χ4n) is 4.06. The first-order valence-corrected chi connectivity index (χ1v) is 10.5. The van der Waals surface area contributed by atoms with Crippen molar-refractivity contribution in [3.8, 4) is 0 Å². The summed E-state index contributed by atoms with van der Waals surface area (Å²) < 4.78 is 3.35. The quantitative estimate of drug-likeness (QED) is 0.644. The Balaban J connectivity index is 0.00000120. The van der Waals surface area contributed by atoms with Crippen LogP contribution in [-0.4, -0.2) is 51.5 Å². The minimum atomic E-state index is 0. The van der Waals surface area contributed by atoms with Crippen LogP contribution in [0.5, 0.6) is 0 Å². The van der Waals surface area contributed by atoms with Crippen molar-refractivity contribution in [1.29, 1.82) is 0 Å². The molecule has 0 saturated carbocycles. The molecule has 4 heterocycles. The van der Waals surface area contributed by atoms with Gasteiger partial charge in [0.1, 0.15) is 11.5 Å². The number of rotatable bonds is 2. The standard InChI is InChI=1S/C20H23N5OS.2ClH/c26-20(16-13-24-11-9-21-8-7-18(24)22-16)25-10-3-4-14(12-25)19-23-15-5-1-2-6-17(15)27-19;;/h1-2,5-6,13-14,21H,3-4,7-12H2;2*1H. The van der Waals surface area contributed by atoms with Gasteiger partial charge in [0.25, 0.3) is 5.91 Å². The number of thiazole rings is 1. The molecule has 1 fully saturated rings. The van der Waals surface area contributed by atoms with Crippen LogP contribution in [0.2, 0.25) is 0 Å². The number of hydrogen-bond donors (Lipinski definition) is 1. The molecule has 3 aromatic rings. The molecule has 1 aromatic carbocycles. The number of nitrogens with one attached hydrogen (secondary N) is 1. The summed E-state index contributed by atoms with van der Waals surface area (Å²) in [6, 6.07) is 8.27. The van der Waals surface area contributed by atoms with E-state index < -0.39 is 0 Å². The maximum absolute atomic E-state index is 13.1. The third kappa shape index (κ3) is 4.43. The summed E-state index contributed by atoms with van der Waals surface area (Å²) in [4.78, 5) is 24.5. The maximum Gasteiger partial charge on any atom is 0.274 e.